The van der Waals surface area contributed by atoms with Gasteiger partial charge in [0.25, 0.3) is 0 Å². The fourth-order valence-electron chi connectivity index (χ4n) is 2.48. The zero-order chi connectivity index (χ0) is 14.8. The van der Waals surface area contributed by atoms with E-state index in [0.29, 0.717) is 6.42 Å². The van der Waals surface area contributed by atoms with E-state index in [2.05, 4.69) is 5.32 Å². The van der Waals surface area contributed by atoms with Crippen LogP contribution in [0.4, 0.5) is 4.79 Å². The lowest BCUT2D eigenvalue weighted by Gasteiger charge is -2.16. The Hall–Kier alpha value is -2.04. The highest BCUT2D eigenvalue weighted by atomic mass is 16.5. The minimum atomic E-state index is -1.15. The molecule has 1 aliphatic rings. The molecule has 1 aromatic rings. The first-order valence-corrected chi connectivity index (χ1v) is 6.68. The standard InChI is InChI=1S/C15H19NO4/c1-10(2)12-8-15(12,13(17)18)16-14(19)20-9-11-6-4-3-5-7-11/h3-7,10,12H,8-9H2,1-2H3,(H,16,19)(H,17,18)/t12-,15-/m1/s1. The van der Waals surface area contributed by atoms with Crippen LogP contribution in [0.1, 0.15) is 25.8 Å². The molecule has 2 atom stereocenters. The second-order valence-electron chi connectivity index (χ2n) is 5.52. The maximum Gasteiger partial charge on any atom is 0.408 e. The minimum absolute atomic E-state index is 0.0377. The van der Waals surface area contributed by atoms with Gasteiger partial charge < -0.3 is 15.2 Å². The van der Waals surface area contributed by atoms with Gasteiger partial charge in [-0.05, 0) is 23.8 Å². The van der Waals surface area contributed by atoms with Crippen molar-refractivity contribution in [3.63, 3.8) is 0 Å². The van der Waals surface area contributed by atoms with Crippen LogP contribution in [-0.4, -0.2) is 22.7 Å². The summed E-state index contributed by atoms with van der Waals surface area (Å²) < 4.78 is 5.07. The summed E-state index contributed by atoms with van der Waals surface area (Å²) >= 11 is 0. The van der Waals surface area contributed by atoms with Crippen LogP contribution < -0.4 is 5.32 Å². The average molecular weight is 277 g/mol. The smallest absolute Gasteiger partial charge is 0.408 e. The van der Waals surface area contributed by atoms with Crippen molar-refractivity contribution in [2.75, 3.05) is 0 Å². The number of benzene rings is 1. The molecule has 0 aliphatic heterocycles. The summed E-state index contributed by atoms with van der Waals surface area (Å²) in [4.78, 5) is 23.1. The normalized spacial score (nSPS) is 24.2. The Labute approximate surface area is 117 Å². The Morgan fingerprint density at radius 1 is 1.40 bits per heavy atom. The number of carboxylic acid groups (broad SMARTS) is 1. The Balaban J connectivity index is 1.89. The van der Waals surface area contributed by atoms with Crippen molar-refractivity contribution in [1.29, 1.82) is 0 Å². The molecule has 0 heterocycles. The van der Waals surface area contributed by atoms with Gasteiger partial charge in [-0.25, -0.2) is 9.59 Å². The highest BCUT2D eigenvalue weighted by molar-refractivity contribution is 5.88. The summed E-state index contributed by atoms with van der Waals surface area (Å²) in [7, 11) is 0. The van der Waals surface area contributed by atoms with Gasteiger partial charge in [-0.3, -0.25) is 0 Å². The van der Waals surface area contributed by atoms with E-state index in [0.717, 1.165) is 5.56 Å². The molecule has 2 N–H and O–H groups in total. The topological polar surface area (TPSA) is 75.6 Å². The first-order chi connectivity index (χ1) is 9.45. The van der Waals surface area contributed by atoms with Gasteiger partial charge in [-0.15, -0.1) is 0 Å². The van der Waals surface area contributed by atoms with Crippen molar-refractivity contribution in [3.05, 3.63) is 35.9 Å². The molecule has 0 spiro atoms. The average Bonchev–Trinajstić information content (AvgIpc) is 3.14. The van der Waals surface area contributed by atoms with E-state index in [-0.39, 0.29) is 18.4 Å². The molecule has 0 aromatic heterocycles. The monoisotopic (exact) mass is 277 g/mol. The van der Waals surface area contributed by atoms with Crippen LogP contribution in [0.25, 0.3) is 0 Å². The molecule has 1 saturated carbocycles. The first-order valence-electron chi connectivity index (χ1n) is 6.68. The number of carbonyl (C=O) groups is 2. The number of ether oxygens (including phenoxy) is 1. The summed E-state index contributed by atoms with van der Waals surface area (Å²) in [5.41, 5.74) is -0.287. The van der Waals surface area contributed by atoms with Crippen LogP contribution in [0.3, 0.4) is 0 Å². The molecule has 5 nitrogen and oxygen atoms in total. The van der Waals surface area contributed by atoms with E-state index in [1.54, 1.807) is 0 Å². The second kappa shape index (κ2) is 5.53. The van der Waals surface area contributed by atoms with Crippen LogP contribution >= 0.6 is 0 Å². The summed E-state index contributed by atoms with van der Waals surface area (Å²) in [6.07, 6.45) is -0.222. The number of aliphatic carboxylic acids is 1. The number of rotatable bonds is 5. The number of alkyl carbamates (subject to hydrolysis) is 1. The highest BCUT2D eigenvalue weighted by Gasteiger charge is 2.62. The van der Waals surface area contributed by atoms with Crippen LogP contribution in [-0.2, 0) is 16.1 Å². The molecule has 1 aromatic carbocycles. The number of carbonyl (C=O) groups excluding carboxylic acids is 1. The third-order valence-electron chi connectivity index (χ3n) is 3.74. The molecule has 5 heteroatoms. The van der Waals surface area contributed by atoms with Gasteiger partial charge in [-0.1, -0.05) is 44.2 Å². The first kappa shape index (κ1) is 14.4. The molecule has 2 rings (SSSR count). The fourth-order valence-corrected chi connectivity index (χ4v) is 2.48. The molecule has 0 unspecified atom stereocenters. The predicted molar refractivity (Wildman–Crippen MR) is 73.1 cm³/mol. The summed E-state index contributed by atoms with van der Waals surface area (Å²) in [5.74, 6) is -0.822. The third kappa shape index (κ3) is 2.92. The minimum Gasteiger partial charge on any atom is -0.479 e. The van der Waals surface area contributed by atoms with Gasteiger partial charge in [0.1, 0.15) is 12.1 Å². The summed E-state index contributed by atoms with van der Waals surface area (Å²) in [6.45, 7) is 4.04. The summed E-state index contributed by atoms with van der Waals surface area (Å²) in [6, 6.07) is 9.26. The lowest BCUT2D eigenvalue weighted by molar-refractivity contribution is -0.141. The van der Waals surface area contributed by atoms with Crippen molar-refractivity contribution in [1.82, 2.24) is 5.32 Å². The molecular formula is C15H19NO4. The van der Waals surface area contributed by atoms with Crippen molar-refractivity contribution in [3.8, 4) is 0 Å². The zero-order valence-electron chi connectivity index (χ0n) is 11.6. The molecular weight excluding hydrogens is 258 g/mol. The molecule has 108 valence electrons. The van der Waals surface area contributed by atoms with Gasteiger partial charge in [0.2, 0.25) is 0 Å². The van der Waals surface area contributed by atoms with Crippen molar-refractivity contribution >= 4 is 12.1 Å². The molecule has 0 saturated heterocycles. The number of hydrogen-bond donors (Lipinski definition) is 2. The van der Waals surface area contributed by atoms with Crippen molar-refractivity contribution in [2.45, 2.75) is 32.4 Å². The third-order valence-corrected chi connectivity index (χ3v) is 3.74. The Bertz CT molecular complexity index is 500. The van der Waals surface area contributed by atoms with Gasteiger partial charge in [-0.2, -0.15) is 0 Å². The van der Waals surface area contributed by atoms with E-state index in [9.17, 15) is 14.7 Å². The molecule has 1 fully saturated rings. The van der Waals surface area contributed by atoms with E-state index < -0.39 is 17.6 Å². The second-order valence-corrected chi connectivity index (χ2v) is 5.52. The SMILES string of the molecule is CC(C)[C@H]1C[C@]1(NC(=O)OCc1ccccc1)C(=O)O. The number of nitrogens with one attached hydrogen (secondary N) is 1. The van der Waals surface area contributed by atoms with E-state index >= 15 is 0 Å². The molecule has 0 radical (unpaired) electrons. The lowest BCUT2D eigenvalue weighted by Crippen LogP contribution is -2.45. The zero-order valence-corrected chi connectivity index (χ0v) is 11.6. The van der Waals surface area contributed by atoms with Crippen LogP contribution in [0, 0.1) is 11.8 Å². The maximum atomic E-state index is 11.7. The molecule has 0 bridgehead atoms. The number of hydrogen-bond acceptors (Lipinski definition) is 3. The van der Waals surface area contributed by atoms with Crippen molar-refractivity contribution < 1.29 is 19.4 Å². The molecule has 20 heavy (non-hydrogen) atoms. The molecule has 1 amide bonds. The summed E-state index contributed by atoms with van der Waals surface area (Å²) in [5, 5.41) is 11.8. The van der Waals surface area contributed by atoms with Crippen molar-refractivity contribution in [2.24, 2.45) is 11.8 Å². The van der Waals surface area contributed by atoms with Gasteiger partial charge >= 0.3 is 12.1 Å². The largest absolute Gasteiger partial charge is 0.479 e. The highest BCUT2D eigenvalue weighted by Crippen LogP contribution is 2.48. The quantitative estimate of drug-likeness (QED) is 0.866. The Morgan fingerprint density at radius 3 is 2.55 bits per heavy atom. The van der Waals surface area contributed by atoms with Gasteiger partial charge in [0.05, 0.1) is 0 Å². The predicted octanol–water partition coefficient (Wildman–Crippen LogP) is 2.41. The number of carboxylic acids is 1. The van der Waals surface area contributed by atoms with Gasteiger partial charge in [0.15, 0.2) is 0 Å². The van der Waals surface area contributed by atoms with E-state index in [1.165, 1.54) is 0 Å². The Morgan fingerprint density at radius 2 is 2.05 bits per heavy atom. The van der Waals surface area contributed by atoms with E-state index in [1.807, 2.05) is 44.2 Å². The lowest BCUT2D eigenvalue weighted by atomic mass is 10.0. The fraction of sp³-hybridized carbons (Fsp3) is 0.467. The van der Waals surface area contributed by atoms with Crippen LogP contribution in [0.2, 0.25) is 0 Å². The Kier molecular flexibility index (Phi) is 3.97. The van der Waals surface area contributed by atoms with E-state index in [4.69, 9.17) is 4.74 Å². The maximum absolute atomic E-state index is 11.7. The molecule has 1 aliphatic carbocycles. The van der Waals surface area contributed by atoms with Crippen LogP contribution in [0.5, 0.6) is 0 Å². The number of amides is 1. The van der Waals surface area contributed by atoms with Crippen LogP contribution in [0.15, 0.2) is 30.3 Å². The van der Waals surface area contributed by atoms with Gasteiger partial charge in [0, 0.05) is 0 Å².